The fourth-order valence-electron chi connectivity index (χ4n) is 1.33. The summed E-state index contributed by atoms with van der Waals surface area (Å²) in [4.78, 5) is 21.9. The predicted molar refractivity (Wildman–Crippen MR) is 49.9 cm³/mol. The number of ketones is 1. The molecule has 1 aliphatic carbocycles. The van der Waals surface area contributed by atoms with Crippen LogP contribution in [0.3, 0.4) is 0 Å². The van der Waals surface area contributed by atoms with Gasteiger partial charge in [0, 0.05) is 6.42 Å². The molecule has 0 amide bonds. The predicted octanol–water partition coefficient (Wildman–Crippen LogP) is 1.74. The highest BCUT2D eigenvalue weighted by atomic mass is 19.4. The van der Waals surface area contributed by atoms with E-state index >= 15 is 0 Å². The molecule has 0 radical (unpaired) electrons. The number of hydrogen-bond acceptors (Lipinski definition) is 4. The number of alkyl halides is 3. The molecule has 0 saturated heterocycles. The number of rotatable bonds is 4. The Bertz CT molecular complexity index is 335. The molecule has 4 nitrogen and oxygen atoms in total. The first kappa shape index (κ1) is 13.7. The third kappa shape index (κ3) is 3.85. The number of Topliss-reactive ketones (excluding diaryl/α,β-unsaturated/α-hetero) is 1. The molecule has 0 heterocycles. The van der Waals surface area contributed by atoms with Gasteiger partial charge >= 0.3 is 12.1 Å². The van der Waals surface area contributed by atoms with Crippen LogP contribution in [0.5, 0.6) is 0 Å². The van der Waals surface area contributed by atoms with Crippen molar-refractivity contribution in [2.24, 2.45) is 0 Å². The normalized spacial score (nSPS) is 20.4. The van der Waals surface area contributed by atoms with Gasteiger partial charge in [0.2, 0.25) is 0 Å². The molecule has 0 bridgehead atoms. The van der Waals surface area contributed by atoms with Crippen molar-refractivity contribution in [1.29, 1.82) is 0 Å². The van der Waals surface area contributed by atoms with Crippen molar-refractivity contribution in [1.82, 2.24) is 0 Å². The molecule has 96 valence electrons. The molecule has 0 aromatic carbocycles. The molecule has 0 N–H and O–H groups in total. The van der Waals surface area contributed by atoms with Gasteiger partial charge in [-0.25, -0.2) is 4.79 Å². The fourth-order valence-corrected chi connectivity index (χ4v) is 1.33. The second-order valence-electron chi connectivity index (χ2n) is 3.54. The van der Waals surface area contributed by atoms with Crippen LogP contribution in [0.1, 0.15) is 19.3 Å². The summed E-state index contributed by atoms with van der Waals surface area (Å²) < 4.78 is 45.0. The van der Waals surface area contributed by atoms with Crippen LogP contribution in [0.4, 0.5) is 13.2 Å². The largest absolute Gasteiger partial charge is 0.435 e. The van der Waals surface area contributed by atoms with E-state index in [4.69, 9.17) is 4.74 Å². The van der Waals surface area contributed by atoms with E-state index in [1.54, 1.807) is 0 Å². The van der Waals surface area contributed by atoms with Crippen LogP contribution in [0.15, 0.2) is 12.2 Å². The van der Waals surface area contributed by atoms with Gasteiger partial charge in [-0.05, 0) is 12.8 Å². The van der Waals surface area contributed by atoms with Crippen LogP contribution in [0.2, 0.25) is 0 Å². The van der Waals surface area contributed by atoms with E-state index in [2.05, 4.69) is 11.3 Å². The van der Waals surface area contributed by atoms with Gasteiger partial charge in [0.15, 0.2) is 12.6 Å². The summed E-state index contributed by atoms with van der Waals surface area (Å²) in [6.07, 6.45) is -3.95. The van der Waals surface area contributed by atoms with Crippen LogP contribution in [0, 0.1) is 0 Å². The van der Waals surface area contributed by atoms with E-state index in [0.717, 1.165) is 0 Å². The van der Waals surface area contributed by atoms with Crippen LogP contribution in [-0.2, 0) is 19.1 Å². The summed E-state index contributed by atoms with van der Waals surface area (Å²) >= 11 is 0. The lowest BCUT2D eigenvalue weighted by Gasteiger charge is -2.12. The zero-order valence-corrected chi connectivity index (χ0v) is 8.88. The molecule has 1 saturated carbocycles. The summed E-state index contributed by atoms with van der Waals surface area (Å²) in [6, 6.07) is 0. The quantitative estimate of drug-likeness (QED) is 0.434. The second-order valence-corrected chi connectivity index (χ2v) is 3.54. The van der Waals surface area contributed by atoms with Crippen LogP contribution in [0.25, 0.3) is 0 Å². The smallest absolute Gasteiger partial charge is 0.422 e. The summed E-state index contributed by atoms with van der Waals surface area (Å²) in [6.45, 7) is 1.89. The van der Waals surface area contributed by atoms with Crippen molar-refractivity contribution in [3.05, 3.63) is 12.2 Å². The molecule has 1 rings (SSSR count). The summed E-state index contributed by atoms with van der Waals surface area (Å²) in [5.41, 5.74) is -1.60. The summed E-state index contributed by atoms with van der Waals surface area (Å²) in [5.74, 6) is -1.72. The molecular weight excluding hydrogens is 241 g/mol. The Balaban J connectivity index is 2.29. The number of carbonyl (C=O) groups is 2. The van der Waals surface area contributed by atoms with Crippen molar-refractivity contribution < 1.29 is 32.2 Å². The average molecular weight is 252 g/mol. The molecule has 1 atom stereocenters. The minimum absolute atomic E-state index is 0.129. The monoisotopic (exact) mass is 252 g/mol. The van der Waals surface area contributed by atoms with Crippen molar-refractivity contribution in [3.63, 3.8) is 0 Å². The molecule has 0 aliphatic heterocycles. The van der Waals surface area contributed by atoms with Gasteiger partial charge in [0.25, 0.3) is 0 Å². The third-order valence-electron chi connectivity index (χ3n) is 2.30. The molecule has 7 heteroatoms. The van der Waals surface area contributed by atoms with Crippen molar-refractivity contribution in [3.8, 4) is 0 Å². The zero-order valence-electron chi connectivity index (χ0n) is 8.88. The van der Waals surface area contributed by atoms with E-state index in [1.165, 1.54) is 0 Å². The SMILES string of the molecule is C=C(C(=O)OCOC1CCCC1=O)C(F)(F)F. The third-order valence-corrected chi connectivity index (χ3v) is 2.30. The minimum Gasteiger partial charge on any atom is -0.435 e. The standard InChI is InChI=1S/C10H11F3O4/c1-6(10(11,12)13)9(15)17-5-16-8-4-2-3-7(8)14/h8H,1-5H2. The van der Waals surface area contributed by atoms with Gasteiger partial charge in [0.1, 0.15) is 11.7 Å². The Labute approximate surface area is 95.4 Å². The Morgan fingerprint density at radius 1 is 1.47 bits per heavy atom. The first-order chi connectivity index (χ1) is 7.82. The average Bonchev–Trinajstić information content (AvgIpc) is 2.62. The molecule has 17 heavy (non-hydrogen) atoms. The zero-order chi connectivity index (χ0) is 13.1. The second kappa shape index (κ2) is 5.31. The van der Waals surface area contributed by atoms with Gasteiger partial charge in [-0.2, -0.15) is 13.2 Å². The Morgan fingerprint density at radius 3 is 2.59 bits per heavy atom. The molecule has 1 fully saturated rings. The van der Waals surface area contributed by atoms with Gasteiger partial charge < -0.3 is 9.47 Å². The first-order valence-electron chi connectivity index (χ1n) is 4.90. The first-order valence-corrected chi connectivity index (χ1v) is 4.90. The molecule has 1 aliphatic rings. The number of carbonyl (C=O) groups excluding carboxylic acids is 2. The van der Waals surface area contributed by atoms with E-state index in [-0.39, 0.29) is 5.78 Å². The van der Waals surface area contributed by atoms with Crippen LogP contribution >= 0.6 is 0 Å². The van der Waals surface area contributed by atoms with E-state index < -0.39 is 30.6 Å². The Hall–Kier alpha value is -1.37. The van der Waals surface area contributed by atoms with Crippen LogP contribution in [-0.4, -0.2) is 30.8 Å². The van der Waals surface area contributed by atoms with Gasteiger partial charge in [-0.1, -0.05) is 6.58 Å². The van der Waals surface area contributed by atoms with Crippen molar-refractivity contribution >= 4 is 11.8 Å². The number of esters is 1. The maximum Gasteiger partial charge on any atom is 0.422 e. The Kier molecular flexibility index (Phi) is 4.28. The molecule has 0 aromatic heterocycles. The van der Waals surface area contributed by atoms with Gasteiger partial charge in [-0.3, -0.25) is 4.79 Å². The number of hydrogen-bond donors (Lipinski definition) is 0. The lowest BCUT2D eigenvalue weighted by atomic mass is 10.3. The summed E-state index contributed by atoms with van der Waals surface area (Å²) in [5, 5.41) is 0. The maximum atomic E-state index is 12.0. The minimum atomic E-state index is -4.82. The van der Waals surface area contributed by atoms with Gasteiger partial charge in [-0.15, -0.1) is 0 Å². The molecule has 1 unspecified atom stereocenters. The summed E-state index contributed by atoms with van der Waals surface area (Å²) in [7, 11) is 0. The number of halogens is 3. The fraction of sp³-hybridized carbons (Fsp3) is 0.600. The maximum absolute atomic E-state index is 12.0. The van der Waals surface area contributed by atoms with Gasteiger partial charge in [0.05, 0.1) is 0 Å². The van der Waals surface area contributed by atoms with E-state index in [0.29, 0.717) is 19.3 Å². The highest BCUT2D eigenvalue weighted by molar-refractivity contribution is 5.89. The van der Waals surface area contributed by atoms with Crippen LogP contribution < -0.4 is 0 Å². The van der Waals surface area contributed by atoms with Crippen molar-refractivity contribution in [2.45, 2.75) is 31.5 Å². The highest BCUT2D eigenvalue weighted by Crippen LogP contribution is 2.25. The lowest BCUT2D eigenvalue weighted by molar-refractivity contribution is -0.167. The topological polar surface area (TPSA) is 52.6 Å². The molecule has 0 spiro atoms. The Morgan fingerprint density at radius 2 is 2.12 bits per heavy atom. The van der Waals surface area contributed by atoms with Crippen molar-refractivity contribution in [2.75, 3.05) is 6.79 Å². The highest BCUT2D eigenvalue weighted by Gasteiger charge is 2.38. The number of ether oxygens (including phenoxy) is 2. The lowest BCUT2D eigenvalue weighted by Crippen LogP contribution is -2.24. The van der Waals surface area contributed by atoms with E-state index in [1.807, 2.05) is 0 Å². The molecular formula is C10H11F3O4. The molecule has 0 aromatic rings. The van der Waals surface area contributed by atoms with E-state index in [9.17, 15) is 22.8 Å².